The van der Waals surface area contributed by atoms with E-state index in [4.69, 9.17) is 21.6 Å². The van der Waals surface area contributed by atoms with Gasteiger partial charge in [0.05, 0.1) is 11.0 Å². The number of carbonyl (C=O) groups is 1. The molecule has 1 aromatic carbocycles. The molecule has 20 heavy (non-hydrogen) atoms. The van der Waals surface area contributed by atoms with E-state index in [0.717, 1.165) is 0 Å². The molecule has 0 aliphatic carbocycles. The van der Waals surface area contributed by atoms with E-state index in [2.05, 4.69) is 0 Å². The van der Waals surface area contributed by atoms with Gasteiger partial charge in [0, 0.05) is 22.7 Å². The molecule has 0 aliphatic heterocycles. The van der Waals surface area contributed by atoms with Crippen molar-refractivity contribution in [1.29, 1.82) is 5.26 Å². The smallest absolute Gasteiger partial charge is 0.349 e. The second kappa shape index (κ2) is 6.68. The Morgan fingerprint density at radius 3 is 2.70 bits per heavy atom. The van der Waals surface area contributed by atoms with Crippen molar-refractivity contribution in [3.8, 4) is 6.07 Å². The topological polar surface area (TPSA) is 93.2 Å². The van der Waals surface area contributed by atoms with E-state index in [1.807, 2.05) is 0 Å². The van der Waals surface area contributed by atoms with Crippen LogP contribution in [0.3, 0.4) is 0 Å². The first-order valence-corrected chi connectivity index (χ1v) is 5.99. The van der Waals surface area contributed by atoms with Gasteiger partial charge in [0.1, 0.15) is 11.6 Å². The van der Waals surface area contributed by atoms with Crippen LogP contribution in [0.15, 0.2) is 23.8 Å². The molecule has 0 heterocycles. The van der Waals surface area contributed by atoms with E-state index in [1.165, 1.54) is 24.3 Å². The van der Waals surface area contributed by atoms with Crippen molar-refractivity contribution in [1.82, 2.24) is 0 Å². The van der Waals surface area contributed by atoms with Gasteiger partial charge in [-0.1, -0.05) is 11.6 Å². The van der Waals surface area contributed by atoms with Gasteiger partial charge in [-0.3, -0.25) is 10.1 Å². The molecule has 0 aromatic heterocycles. The maximum atomic E-state index is 11.6. The Morgan fingerprint density at radius 1 is 1.55 bits per heavy atom. The Kier molecular flexibility index (Phi) is 5.23. The molecule has 104 valence electrons. The summed E-state index contributed by atoms with van der Waals surface area (Å²) in [4.78, 5) is 21.7. The Morgan fingerprint density at radius 2 is 2.20 bits per heavy atom. The minimum atomic E-state index is -0.801. The lowest BCUT2D eigenvalue weighted by atomic mass is 10.1. The molecule has 0 unspecified atom stereocenters. The highest BCUT2D eigenvalue weighted by Crippen LogP contribution is 2.24. The molecule has 0 N–H and O–H groups in total. The van der Waals surface area contributed by atoms with Crippen molar-refractivity contribution in [2.75, 3.05) is 0 Å². The maximum absolute atomic E-state index is 11.6. The van der Waals surface area contributed by atoms with Gasteiger partial charge in [-0.2, -0.15) is 5.26 Å². The van der Waals surface area contributed by atoms with Gasteiger partial charge in [-0.25, -0.2) is 4.79 Å². The molecule has 0 saturated heterocycles. The summed E-state index contributed by atoms with van der Waals surface area (Å²) < 4.78 is 4.89. The quantitative estimate of drug-likeness (QED) is 0.280. The lowest BCUT2D eigenvalue weighted by Gasteiger charge is -2.06. The van der Waals surface area contributed by atoms with E-state index in [9.17, 15) is 14.9 Å². The molecule has 0 spiro atoms. The molecule has 6 nitrogen and oxygen atoms in total. The summed E-state index contributed by atoms with van der Waals surface area (Å²) in [5, 5.41) is 19.8. The van der Waals surface area contributed by atoms with Crippen molar-refractivity contribution in [2.24, 2.45) is 0 Å². The fourth-order valence-corrected chi connectivity index (χ4v) is 1.50. The molecule has 0 saturated carbocycles. The zero-order valence-corrected chi connectivity index (χ0v) is 11.5. The SMILES string of the molecule is CC(C)OC(=O)/C(C#N)=C/c1cc([N+](=O)[O-])ccc1Cl. The molecule has 0 bridgehead atoms. The van der Waals surface area contributed by atoms with Crippen LogP contribution >= 0.6 is 11.6 Å². The zero-order valence-electron chi connectivity index (χ0n) is 10.8. The lowest BCUT2D eigenvalue weighted by molar-refractivity contribution is -0.384. The molecule has 0 aliphatic rings. The number of nitro benzene ring substituents is 1. The summed E-state index contributed by atoms with van der Waals surface area (Å²) in [6.07, 6.45) is 0.792. The second-order valence-corrected chi connectivity index (χ2v) is 4.49. The summed E-state index contributed by atoms with van der Waals surface area (Å²) in [5.41, 5.74) is -0.255. The molecule has 0 atom stereocenters. The summed E-state index contributed by atoms with van der Waals surface area (Å²) in [7, 11) is 0. The molecule has 0 radical (unpaired) electrons. The highest BCUT2D eigenvalue weighted by molar-refractivity contribution is 6.32. The maximum Gasteiger partial charge on any atom is 0.349 e. The fourth-order valence-electron chi connectivity index (χ4n) is 1.33. The van der Waals surface area contributed by atoms with Gasteiger partial charge >= 0.3 is 5.97 Å². The molecule has 0 amide bonds. The minimum Gasteiger partial charge on any atom is -0.459 e. The Balaban J connectivity index is 3.19. The number of ether oxygens (including phenoxy) is 1. The third-order valence-corrected chi connectivity index (χ3v) is 2.52. The number of nitrogens with zero attached hydrogens (tertiary/aromatic N) is 2. The summed E-state index contributed by atoms with van der Waals surface area (Å²) in [5.74, 6) is -0.801. The second-order valence-electron chi connectivity index (χ2n) is 4.09. The van der Waals surface area contributed by atoms with Gasteiger partial charge in [0.25, 0.3) is 5.69 Å². The van der Waals surface area contributed by atoms with Crippen LogP contribution in [-0.4, -0.2) is 17.0 Å². The Labute approximate surface area is 120 Å². The molecule has 1 aromatic rings. The number of carbonyl (C=O) groups excluding carboxylic acids is 1. The number of nitro groups is 1. The number of hydrogen-bond donors (Lipinski definition) is 0. The van der Waals surface area contributed by atoms with Crippen molar-refractivity contribution < 1.29 is 14.5 Å². The Hall–Kier alpha value is -2.39. The highest BCUT2D eigenvalue weighted by Gasteiger charge is 2.15. The average Bonchev–Trinajstić information content (AvgIpc) is 2.36. The third-order valence-electron chi connectivity index (χ3n) is 2.17. The largest absolute Gasteiger partial charge is 0.459 e. The molecular formula is C13H11ClN2O4. The standard InChI is InChI=1S/C13H11ClN2O4/c1-8(2)20-13(17)10(7-15)5-9-6-11(16(18)19)3-4-12(9)14/h3-6,8H,1-2H3/b10-5+. The van der Waals surface area contributed by atoms with Crippen molar-refractivity contribution in [3.05, 3.63) is 44.5 Å². The van der Waals surface area contributed by atoms with Crippen molar-refractivity contribution in [3.63, 3.8) is 0 Å². The number of esters is 1. The van der Waals surface area contributed by atoms with Crippen LogP contribution in [0.1, 0.15) is 19.4 Å². The monoisotopic (exact) mass is 294 g/mol. The normalized spacial score (nSPS) is 11.1. The minimum absolute atomic E-state index is 0.185. The molecule has 0 fully saturated rings. The predicted molar refractivity (Wildman–Crippen MR) is 72.9 cm³/mol. The van der Waals surface area contributed by atoms with Crippen molar-refractivity contribution in [2.45, 2.75) is 20.0 Å². The number of non-ortho nitro benzene ring substituents is 1. The number of benzene rings is 1. The van der Waals surface area contributed by atoms with Crippen LogP contribution in [0.4, 0.5) is 5.69 Å². The van der Waals surface area contributed by atoms with Crippen LogP contribution in [0, 0.1) is 21.4 Å². The van der Waals surface area contributed by atoms with Crippen LogP contribution in [0.2, 0.25) is 5.02 Å². The van der Waals surface area contributed by atoms with Crippen LogP contribution in [-0.2, 0) is 9.53 Å². The summed E-state index contributed by atoms with van der Waals surface area (Å²) in [6, 6.07) is 5.43. The van der Waals surface area contributed by atoms with Gasteiger partial charge < -0.3 is 4.74 Å². The van der Waals surface area contributed by atoms with E-state index in [0.29, 0.717) is 0 Å². The zero-order chi connectivity index (χ0) is 15.3. The lowest BCUT2D eigenvalue weighted by Crippen LogP contribution is -2.12. The van der Waals surface area contributed by atoms with Gasteiger partial charge in [0.15, 0.2) is 0 Å². The van der Waals surface area contributed by atoms with Gasteiger partial charge in [0.2, 0.25) is 0 Å². The molecule has 1 rings (SSSR count). The van der Waals surface area contributed by atoms with Crippen LogP contribution < -0.4 is 0 Å². The number of hydrogen-bond acceptors (Lipinski definition) is 5. The van der Waals surface area contributed by atoms with E-state index in [-0.39, 0.29) is 28.0 Å². The fraction of sp³-hybridized carbons (Fsp3) is 0.231. The van der Waals surface area contributed by atoms with Gasteiger partial charge in [-0.05, 0) is 26.0 Å². The Bertz CT molecular complexity index is 617. The van der Waals surface area contributed by atoms with E-state index >= 15 is 0 Å². The molecule has 7 heteroatoms. The number of nitriles is 1. The first kappa shape index (κ1) is 15.7. The van der Waals surface area contributed by atoms with E-state index in [1.54, 1.807) is 19.9 Å². The number of halogens is 1. The summed E-state index contributed by atoms with van der Waals surface area (Å²) in [6.45, 7) is 3.29. The van der Waals surface area contributed by atoms with Crippen molar-refractivity contribution >= 4 is 29.3 Å². The van der Waals surface area contributed by atoms with Crippen LogP contribution in [0.5, 0.6) is 0 Å². The average molecular weight is 295 g/mol. The first-order valence-electron chi connectivity index (χ1n) is 5.62. The predicted octanol–water partition coefficient (Wildman–Crippen LogP) is 3.11. The highest BCUT2D eigenvalue weighted by atomic mass is 35.5. The van der Waals surface area contributed by atoms with Crippen LogP contribution in [0.25, 0.3) is 6.08 Å². The third kappa shape index (κ3) is 4.07. The summed E-state index contributed by atoms with van der Waals surface area (Å²) >= 11 is 5.88. The van der Waals surface area contributed by atoms with E-state index < -0.39 is 10.9 Å². The first-order chi connectivity index (χ1) is 9.35. The van der Waals surface area contributed by atoms with Gasteiger partial charge in [-0.15, -0.1) is 0 Å². The molecular weight excluding hydrogens is 284 g/mol. The number of rotatable bonds is 4.